The van der Waals surface area contributed by atoms with Crippen molar-refractivity contribution in [3.05, 3.63) is 17.6 Å². The van der Waals surface area contributed by atoms with Crippen molar-refractivity contribution in [2.24, 2.45) is 5.92 Å². The number of amides is 1. The number of aromatic nitrogens is 2. The van der Waals surface area contributed by atoms with Gasteiger partial charge in [-0.15, -0.1) is 0 Å². The third kappa shape index (κ3) is 2.87. The van der Waals surface area contributed by atoms with Gasteiger partial charge in [-0.05, 0) is 39.5 Å². The second-order valence-electron chi connectivity index (χ2n) is 6.37. The van der Waals surface area contributed by atoms with E-state index in [1.54, 1.807) is 6.33 Å². The molecule has 5 nitrogen and oxygen atoms in total. The molecule has 21 heavy (non-hydrogen) atoms. The van der Waals surface area contributed by atoms with Crippen LogP contribution in [0.1, 0.15) is 36.9 Å². The Bertz CT molecular complexity index is 541. The standard InChI is InChI=1S/C16H24N4O/c1-11-12(2)17-10-18-15(11)20-8-4-5-14(9-20)19(3)16(21)13-6-7-13/h10,13-14H,4-9H2,1-3H3. The third-order valence-electron chi connectivity index (χ3n) is 4.83. The molecule has 5 heteroatoms. The highest BCUT2D eigenvalue weighted by Crippen LogP contribution is 2.32. The quantitative estimate of drug-likeness (QED) is 0.853. The fourth-order valence-corrected chi connectivity index (χ4v) is 3.11. The first-order valence-corrected chi connectivity index (χ1v) is 7.87. The molecular formula is C16H24N4O. The minimum Gasteiger partial charge on any atom is -0.354 e. The number of hydrogen-bond donors (Lipinski definition) is 0. The van der Waals surface area contributed by atoms with Crippen LogP contribution < -0.4 is 4.90 Å². The molecule has 1 unspecified atom stereocenters. The third-order valence-corrected chi connectivity index (χ3v) is 4.83. The maximum Gasteiger partial charge on any atom is 0.225 e. The van der Waals surface area contributed by atoms with Crippen LogP contribution in [0.4, 0.5) is 5.82 Å². The predicted octanol–water partition coefficient (Wildman–Crippen LogP) is 1.93. The number of carbonyl (C=O) groups excluding carboxylic acids is 1. The lowest BCUT2D eigenvalue weighted by molar-refractivity contribution is -0.133. The smallest absolute Gasteiger partial charge is 0.225 e. The summed E-state index contributed by atoms with van der Waals surface area (Å²) in [5.74, 6) is 1.66. The lowest BCUT2D eigenvalue weighted by Gasteiger charge is -2.38. The Kier molecular flexibility index (Phi) is 3.83. The van der Waals surface area contributed by atoms with E-state index in [4.69, 9.17) is 0 Å². The predicted molar refractivity (Wildman–Crippen MR) is 82.2 cm³/mol. The topological polar surface area (TPSA) is 49.3 Å². The average molecular weight is 288 g/mol. The summed E-state index contributed by atoms with van der Waals surface area (Å²) in [7, 11) is 1.97. The van der Waals surface area contributed by atoms with Crippen molar-refractivity contribution in [3.63, 3.8) is 0 Å². The van der Waals surface area contributed by atoms with Crippen molar-refractivity contribution in [2.75, 3.05) is 25.0 Å². The Labute approximate surface area is 126 Å². The van der Waals surface area contributed by atoms with E-state index in [9.17, 15) is 4.79 Å². The molecular weight excluding hydrogens is 264 g/mol. The molecule has 2 heterocycles. The van der Waals surface area contributed by atoms with Crippen LogP contribution in [0.2, 0.25) is 0 Å². The van der Waals surface area contributed by atoms with Gasteiger partial charge in [-0.25, -0.2) is 9.97 Å². The van der Waals surface area contributed by atoms with E-state index < -0.39 is 0 Å². The molecule has 2 fully saturated rings. The summed E-state index contributed by atoms with van der Waals surface area (Å²) >= 11 is 0. The van der Waals surface area contributed by atoms with E-state index in [0.29, 0.717) is 17.9 Å². The second-order valence-corrected chi connectivity index (χ2v) is 6.37. The fourth-order valence-electron chi connectivity index (χ4n) is 3.11. The lowest BCUT2D eigenvalue weighted by Crippen LogP contribution is -2.49. The normalized spacial score (nSPS) is 22.2. The van der Waals surface area contributed by atoms with Crippen LogP contribution in [-0.2, 0) is 4.79 Å². The van der Waals surface area contributed by atoms with Gasteiger partial charge in [-0.2, -0.15) is 0 Å². The second kappa shape index (κ2) is 5.62. The van der Waals surface area contributed by atoms with Gasteiger partial charge in [0.05, 0.1) is 0 Å². The zero-order chi connectivity index (χ0) is 15.0. The zero-order valence-corrected chi connectivity index (χ0v) is 13.2. The molecule has 1 aromatic heterocycles. The minimum absolute atomic E-state index is 0.299. The Morgan fingerprint density at radius 3 is 2.76 bits per heavy atom. The molecule has 0 radical (unpaired) electrons. The summed E-state index contributed by atoms with van der Waals surface area (Å²) < 4.78 is 0. The van der Waals surface area contributed by atoms with Crippen LogP contribution in [0.15, 0.2) is 6.33 Å². The molecule has 1 saturated carbocycles. The summed E-state index contributed by atoms with van der Waals surface area (Å²) in [6.45, 7) is 5.99. The molecule has 0 spiro atoms. The molecule has 1 amide bonds. The average Bonchev–Trinajstić information content (AvgIpc) is 3.33. The summed E-state index contributed by atoms with van der Waals surface area (Å²) in [6.07, 6.45) is 5.98. The van der Waals surface area contributed by atoms with E-state index in [2.05, 4.69) is 21.8 Å². The number of carbonyl (C=O) groups is 1. The van der Waals surface area contributed by atoms with E-state index in [1.165, 1.54) is 0 Å². The number of rotatable bonds is 3. The van der Waals surface area contributed by atoms with Gasteiger partial charge in [0.2, 0.25) is 5.91 Å². The number of anilines is 1. The van der Waals surface area contributed by atoms with Gasteiger partial charge in [0, 0.05) is 43.4 Å². The largest absolute Gasteiger partial charge is 0.354 e. The van der Waals surface area contributed by atoms with Crippen LogP contribution in [0.25, 0.3) is 0 Å². The number of aryl methyl sites for hydroxylation is 1. The maximum atomic E-state index is 12.3. The van der Waals surface area contributed by atoms with Crippen LogP contribution in [0.3, 0.4) is 0 Å². The molecule has 1 aliphatic heterocycles. The van der Waals surface area contributed by atoms with E-state index in [-0.39, 0.29) is 0 Å². The van der Waals surface area contributed by atoms with Crippen LogP contribution in [0, 0.1) is 19.8 Å². The molecule has 0 aromatic carbocycles. The summed E-state index contributed by atoms with van der Waals surface area (Å²) in [5, 5.41) is 0. The highest BCUT2D eigenvalue weighted by Gasteiger charge is 2.36. The monoisotopic (exact) mass is 288 g/mol. The molecule has 2 aliphatic rings. The first kappa shape index (κ1) is 14.3. The summed E-state index contributed by atoms with van der Waals surface area (Å²) in [5.41, 5.74) is 2.18. The van der Waals surface area contributed by atoms with Crippen LogP contribution in [0.5, 0.6) is 0 Å². The van der Waals surface area contributed by atoms with Gasteiger partial charge in [-0.3, -0.25) is 4.79 Å². The van der Waals surface area contributed by atoms with E-state index in [0.717, 1.165) is 55.8 Å². The van der Waals surface area contributed by atoms with Crippen molar-refractivity contribution in [1.29, 1.82) is 0 Å². The van der Waals surface area contributed by atoms with Crippen molar-refractivity contribution in [2.45, 2.75) is 45.6 Å². The number of piperidine rings is 1. The maximum absolute atomic E-state index is 12.3. The number of likely N-dealkylation sites (N-methyl/N-ethyl adjacent to an activating group) is 1. The fraction of sp³-hybridized carbons (Fsp3) is 0.688. The Balaban J connectivity index is 1.73. The molecule has 1 aromatic rings. The van der Waals surface area contributed by atoms with Crippen molar-refractivity contribution < 1.29 is 4.79 Å². The molecule has 1 aliphatic carbocycles. The molecule has 3 rings (SSSR count). The van der Waals surface area contributed by atoms with Gasteiger partial charge in [0.1, 0.15) is 12.1 Å². The molecule has 1 saturated heterocycles. The summed E-state index contributed by atoms with van der Waals surface area (Å²) in [6, 6.07) is 0.307. The van der Waals surface area contributed by atoms with E-state index in [1.807, 2.05) is 18.9 Å². The molecule has 114 valence electrons. The van der Waals surface area contributed by atoms with Gasteiger partial charge < -0.3 is 9.80 Å². The van der Waals surface area contributed by atoms with Crippen LogP contribution in [-0.4, -0.2) is 47.0 Å². The Morgan fingerprint density at radius 1 is 1.29 bits per heavy atom. The Morgan fingerprint density at radius 2 is 2.05 bits per heavy atom. The van der Waals surface area contributed by atoms with Gasteiger partial charge >= 0.3 is 0 Å². The SMILES string of the molecule is Cc1ncnc(N2CCCC(N(C)C(=O)C3CC3)C2)c1C. The number of nitrogens with zero attached hydrogens (tertiary/aromatic N) is 4. The van der Waals surface area contributed by atoms with Crippen molar-refractivity contribution in [3.8, 4) is 0 Å². The first-order chi connectivity index (χ1) is 10.1. The minimum atomic E-state index is 0.299. The van der Waals surface area contributed by atoms with Crippen molar-refractivity contribution >= 4 is 11.7 Å². The molecule has 0 bridgehead atoms. The van der Waals surface area contributed by atoms with Gasteiger partial charge in [-0.1, -0.05) is 0 Å². The first-order valence-electron chi connectivity index (χ1n) is 7.87. The lowest BCUT2D eigenvalue weighted by atomic mass is 10.0. The Hall–Kier alpha value is -1.65. The van der Waals surface area contributed by atoms with E-state index >= 15 is 0 Å². The van der Waals surface area contributed by atoms with Crippen LogP contribution >= 0.6 is 0 Å². The summed E-state index contributed by atoms with van der Waals surface area (Å²) in [4.78, 5) is 25.3. The van der Waals surface area contributed by atoms with Gasteiger partial charge in [0.15, 0.2) is 0 Å². The highest BCUT2D eigenvalue weighted by molar-refractivity contribution is 5.81. The zero-order valence-electron chi connectivity index (χ0n) is 13.2. The van der Waals surface area contributed by atoms with Crippen molar-refractivity contribution in [1.82, 2.24) is 14.9 Å². The molecule has 0 N–H and O–H groups in total. The number of hydrogen-bond acceptors (Lipinski definition) is 4. The highest BCUT2D eigenvalue weighted by atomic mass is 16.2. The molecule has 1 atom stereocenters. The van der Waals surface area contributed by atoms with Gasteiger partial charge in [0.25, 0.3) is 0 Å².